The SMILES string of the molecule is CC(Oc1ccc2c(c1)c(-c1ccc(NC(=O)CN3CCOCC3)nc1)nn2C1CCCCO1)c1c(Cl)cncc1Cl. The first kappa shape index (κ1) is 28.8. The highest BCUT2D eigenvalue weighted by molar-refractivity contribution is 6.35. The van der Waals surface area contributed by atoms with Crippen molar-refractivity contribution in [3.63, 3.8) is 0 Å². The minimum absolute atomic E-state index is 0.105. The van der Waals surface area contributed by atoms with Gasteiger partial charge in [-0.1, -0.05) is 23.2 Å². The Kier molecular flexibility index (Phi) is 8.87. The predicted molar refractivity (Wildman–Crippen MR) is 161 cm³/mol. The van der Waals surface area contributed by atoms with E-state index >= 15 is 0 Å². The van der Waals surface area contributed by atoms with E-state index in [4.69, 9.17) is 42.5 Å². The fraction of sp³-hybridized carbons (Fsp3) is 0.400. The van der Waals surface area contributed by atoms with Crippen LogP contribution in [0, 0.1) is 0 Å². The number of benzene rings is 1. The monoisotopic (exact) mass is 610 g/mol. The molecule has 1 N–H and O–H groups in total. The summed E-state index contributed by atoms with van der Waals surface area (Å²) in [7, 11) is 0. The van der Waals surface area contributed by atoms with Crippen molar-refractivity contribution >= 4 is 45.8 Å². The van der Waals surface area contributed by atoms with Crippen LogP contribution in [0.4, 0.5) is 5.82 Å². The molecule has 220 valence electrons. The second kappa shape index (κ2) is 12.9. The number of fused-ring (bicyclic) bond motifs is 1. The largest absolute Gasteiger partial charge is 0.486 e. The molecule has 0 saturated carbocycles. The van der Waals surface area contributed by atoms with Gasteiger partial charge in [0, 0.05) is 54.8 Å². The number of aromatic nitrogens is 4. The van der Waals surface area contributed by atoms with Gasteiger partial charge >= 0.3 is 0 Å². The quantitative estimate of drug-likeness (QED) is 0.262. The highest BCUT2D eigenvalue weighted by Crippen LogP contribution is 2.37. The Morgan fingerprint density at radius 1 is 1.10 bits per heavy atom. The number of rotatable bonds is 8. The molecule has 2 unspecified atom stereocenters. The fourth-order valence-electron chi connectivity index (χ4n) is 5.37. The predicted octanol–water partition coefficient (Wildman–Crippen LogP) is 5.91. The Balaban J connectivity index is 1.28. The molecule has 5 heterocycles. The van der Waals surface area contributed by atoms with Crippen molar-refractivity contribution in [1.29, 1.82) is 0 Å². The van der Waals surface area contributed by atoms with Crippen LogP contribution in [0.1, 0.15) is 44.1 Å². The molecule has 6 rings (SSSR count). The number of hydrogen-bond acceptors (Lipinski definition) is 8. The number of nitrogens with one attached hydrogen (secondary N) is 1. The van der Waals surface area contributed by atoms with Crippen molar-refractivity contribution < 1.29 is 19.0 Å². The summed E-state index contributed by atoms with van der Waals surface area (Å²) in [5.74, 6) is 1.02. The van der Waals surface area contributed by atoms with E-state index in [0.717, 1.165) is 54.5 Å². The molecule has 1 aromatic carbocycles. The Morgan fingerprint density at radius 3 is 2.62 bits per heavy atom. The summed E-state index contributed by atoms with van der Waals surface area (Å²) in [5.41, 5.74) is 3.16. The number of hydrogen-bond donors (Lipinski definition) is 1. The molecule has 2 saturated heterocycles. The summed E-state index contributed by atoms with van der Waals surface area (Å²) in [6.45, 7) is 5.68. The van der Waals surface area contributed by atoms with Gasteiger partial charge in [-0.25, -0.2) is 9.67 Å². The van der Waals surface area contributed by atoms with Gasteiger partial charge in [-0.3, -0.25) is 14.7 Å². The topological polar surface area (TPSA) is 104 Å². The Labute approximate surface area is 253 Å². The molecule has 0 radical (unpaired) electrons. The third-order valence-corrected chi connectivity index (χ3v) is 8.09. The van der Waals surface area contributed by atoms with Crippen molar-refractivity contribution in [2.45, 2.75) is 38.5 Å². The van der Waals surface area contributed by atoms with Crippen LogP contribution < -0.4 is 10.1 Å². The van der Waals surface area contributed by atoms with E-state index in [1.54, 1.807) is 24.7 Å². The lowest BCUT2D eigenvalue weighted by Crippen LogP contribution is -2.41. The first-order valence-corrected chi connectivity index (χ1v) is 14.9. The molecule has 2 fully saturated rings. The molecule has 12 heteroatoms. The van der Waals surface area contributed by atoms with Crippen LogP contribution in [0.2, 0.25) is 10.0 Å². The lowest BCUT2D eigenvalue weighted by Gasteiger charge is -2.25. The number of carbonyl (C=O) groups excluding carboxylic acids is 1. The fourth-order valence-corrected chi connectivity index (χ4v) is 6.04. The van der Waals surface area contributed by atoms with E-state index in [1.165, 1.54) is 0 Å². The summed E-state index contributed by atoms with van der Waals surface area (Å²) >= 11 is 12.8. The molecule has 2 aliphatic heterocycles. The molecule has 1 amide bonds. The maximum absolute atomic E-state index is 12.6. The first-order chi connectivity index (χ1) is 20.5. The molecule has 2 aliphatic rings. The maximum atomic E-state index is 12.6. The Morgan fingerprint density at radius 2 is 1.90 bits per heavy atom. The third kappa shape index (κ3) is 6.38. The number of ether oxygens (including phenoxy) is 3. The summed E-state index contributed by atoms with van der Waals surface area (Å²) in [4.78, 5) is 23.2. The summed E-state index contributed by atoms with van der Waals surface area (Å²) in [5, 5.41) is 9.68. The summed E-state index contributed by atoms with van der Waals surface area (Å²) in [6.07, 6.45) is 7.28. The lowest BCUT2D eigenvalue weighted by molar-refractivity contribution is -0.118. The normalized spacial score (nSPS) is 18.6. The van der Waals surface area contributed by atoms with E-state index in [2.05, 4.69) is 20.2 Å². The number of anilines is 1. The number of halogens is 2. The van der Waals surface area contributed by atoms with Crippen LogP contribution in [0.3, 0.4) is 0 Å². The van der Waals surface area contributed by atoms with Gasteiger partial charge in [0.05, 0.1) is 35.3 Å². The van der Waals surface area contributed by atoms with Gasteiger partial charge in [-0.15, -0.1) is 0 Å². The van der Waals surface area contributed by atoms with Gasteiger partial charge < -0.3 is 19.5 Å². The third-order valence-electron chi connectivity index (χ3n) is 7.49. The van der Waals surface area contributed by atoms with Crippen LogP contribution in [0.15, 0.2) is 48.9 Å². The minimum Gasteiger partial charge on any atom is -0.486 e. The molecule has 10 nitrogen and oxygen atoms in total. The molecular weight excluding hydrogens is 579 g/mol. The van der Waals surface area contributed by atoms with Crippen LogP contribution in [0.25, 0.3) is 22.2 Å². The van der Waals surface area contributed by atoms with Gasteiger partial charge in [-0.2, -0.15) is 5.10 Å². The minimum atomic E-state index is -0.410. The Bertz CT molecular complexity index is 1530. The van der Waals surface area contributed by atoms with E-state index in [-0.39, 0.29) is 12.1 Å². The molecule has 0 bridgehead atoms. The van der Waals surface area contributed by atoms with Crippen LogP contribution in [-0.2, 0) is 14.3 Å². The van der Waals surface area contributed by atoms with Crippen molar-refractivity contribution in [3.8, 4) is 17.0 Å². The molecule has 3 aromatic heterocycles. The smallest absolute Gasteiger partial charge is 0.239 e. The van der Waals surface area contributed by atoms with Gasteiger partial charge in [0.1, 0.15) is 23.4 Å². The summed E-state index contributed by atoms with van der Waals surface area (Å²) < 4.78 is 19.7. The van der Waals surface area contributed by atoms with E-state index in [0.29, 0.717) is 53.5 Å². The molecular formula is C30H32Cl2N6O4. The highest BCUT2D eigenvalue weighted by Gasteiger charge is 2.23. The van der Waals surface area contributed by atoms with Gasteiger partial charge in [0.2, 0.25) is 5.91 Å². The van der Waals surface area contributed by atoms with Gasteiger partial charge in [0.25, 0.3) is 0 Å². The van der Waals surface area contributed by atoms with Crippen molar-refractivity contribution in [3.05, 3.63) is 64.5 Å². The zero-order chi connectivity index (χ0) is 29.1. The molecule has 2 atom stereocenters. The Hall–Kier alpha value is -3.28. The number of nitrogens with zero attached hydrogens (tertiary/aromatic N) is 5. The molecule has 0 spiro atoms. The van der Waals surface area contributed by atoms with Gasteiger partial charge in [0.15, 0.2) is 6.23 Å². The molecule has 0 aliphatic carbocycles. The summed E-state index contributed by atoms with van der Waals surface area (Å²) in [6, 6.07) is 9.59. The van der Waals surface area contributed by atoms with Crippen molar-refractivity contribution in [2.24, 2.45) is 0 Å². The zero-order valence-corrected chi connectivity index (χ0v) is 24.8. The van der Waals surface area contributed by atoms with Gasteiger partial charge in [-0.05, 0) is 56.5 Å². The number of morpholine rings is 1. The van der Waals surface area contributed by atoms with Crippen molar-refractivity contribution in [1.82, 2.24) is 24.6 Å². The highest BCUT2D eigenvalue weighted by atomic mass is 35.5. The molecule has 42 heavy (non-hydrogen) atoms. The number of carbonyl (C=O) groups is 1. The average molecular weight is 612 g/mol. The number of pyridine rings is 2. The van der Waals surface area contributed by atoms with Crippen LogP contribution in [-0.4, -0.2) is 70.0 Å². The van der Waals surface area contributed by atoms with E-state index in [9.17, 15) is 4.79 Å². The maximum Gasteiger partial charge on any atom is 0.239 e. The lowest BCUT2D eigenvalue weighted by atomic mass is 10.1. The average Bonchev–Trinajstić information content (AvgIpc) is 3.37. The molecule has 4 aromatic rings. The first-order valence-electron chi connectivity index (χ1n) is 14.1. The van der Waals surface area contributed by atoms with Crippen molar-refractivity contribution in [2.75, 3.05) is 44.8 Å². The van der Waals surface area contributed by atoms with E-state index < -0.39 is 6.10 Å². The van der Waals surface area contributed by atoms with E-state index in [1.807, 2.05) is 35.9 Å². The number of amides is 1. The van der Waals surface area contributed by atoms with Crippen LogP contribution >= 0.6 is 23.2 Å². The second-order valence-corrected chi connectivity index (χ2v) is 11.3. The standard InChI is InChI=1S/C30H32Cl2N6O4/c1-19(29-23(31)16-33-17-24(29)32)42-21-6-7-25-22(14-21)30(36-38(25)28-4-2-3-11-41-28)20-5-8-26(34-15-20)35-27(39)18-37-9-12-40-13-10-37/h5-8,14-17,19,28H,2-4,9-13,18H2,1H3,(H,34,35,39). The zero-order valence-electron chi connectivity index (χ0n) is 23.3. The van der Waals surface area contributed by atoms with Crippen LogP contribution in [0.5, 0.6) is 5.75 Å². The second-order valence-electron chi connectivity index (χ2n) is 10.4.